The van der Waals surface area contributed by atoms with Crippen LogP contribution in [0.15, 0.2) is 78.9 Å². The number of nitrogens with two attached hydrogens (primary N) is 1. The van der Waals surface area contributed by atoms with Gasteiger partial charge in [-0.05, 0) is 41.5 Å². The maximum atomic E-state index is 12.6. The zero-order valence-electron chi connectivity index (χ0n) is 20.6. The van der Waals surface area contributed by atoms with Crippen molar-refractivity contribution in [2.75, 3.05) is 19.0 Å². The van der Waals surface area contributed by atoms with Gasteiger partial charge in [0.05, 0.1) is 4.88 Å². The number of nitrogens with one attached hydrogen (secondary N) is 2. The van der Waals surface area contributed by atoms with Crippen LogP contribution < -0.4 is 15.8 Å². The smallest absolute Gasteiger partial charge is 0.411 e. The van der Waals surface area contributed by atoms with E-state index in [0.29, 0.717) is 22.9 Å². The molecule has 4 rings (SSSR count). The first-order valence-electron chi connectivity index (χ1n) is 11.6. The lowest BCUT2D eigenvalue weighted by atomic mass is 10.1. The number of hydrogen-bond acceptors (Lipinski definition) is 6. The fraction of sp³-hybridized carbons (Fsp3) is 0.179. The van der Waals surface area contributed by atoms with E-state index >= 15 is 0 Å². The largest absolute Gasteiger partial charge is 0.481 e. The summed E-state index contributed by atoms with van der Waals surface area (Å²) in [5, 5.41) is 11.3. The average molecular weight is 517 g/mol. The Morgan fingerprint density at radius 1 is 1.05 bits per heavy atom. The molecule has 0 saturated heterocycles. The number of nitrogens with zero attached hydrogens (tertiary/aromatic N) is 1. The monoisotopic (exact) mass is 516 g/mol. The Morgan fingerprint density at radius 2 is 1.78 bits per heavy atom. The van der Waals surface area contributed by atoms with E-state index in [4.69, 9.17) is 20.6 Å². The molecule has 1 unspecified atom stereocenters. The van der Waals surface area contributed by atoms with Crippen molar-refractivity contribution >= 4 is 44.9 Å². The molecule has 0 aliphatic carbocycles. The van der Waals surface area contributed by atoms with E-state index in [0.717, 1.165) is 21.2 Å². The molecule has 4 N–H and O–H groups in total. The highest BCUT2D eigenvalue weighted by atomic mass is 32.1. The normalized spacial score (nSPS) is 11.5. The molecule has 0 radical (unpaired) electrons. The lowest BCUT2D eigenvalue weighted by molar-refractivity contribution is -0.128. The van der Waals surface area contributed by atoms with Gasteiger partial charge in [-0.2, -0.15) is 0 Å². The number of nitrogen functional groups attached to an aromatic ring is 1. The van der Waals surface area contributed by atoms with Gasteiger partial charge in [-0.1, -0.05) is 48.5 Å². The second-order valence-corrected chi connectivity index (χ2v) is 9.59. The molecule has 0 saturated carbocycles. The van der Waals surface area contributed by atoms with Crippen molar-refractivity contribution in [3.63, 3.8) is 0 Å². The predicted molar refractivity (Wildman–Crippen MR) is 146 cm³/mol. The van der Waals surface area contributed by atoms with Gasteiger partial charge >= 0.3 is 6.09 Å². The zero-order chi connectivity index (χ0) is 26.4. The first kappa shape index (κ1) is 25.7. The summed E-state index contributed by atoms with van der Waals surface area (Å²) in [5.41, 5.74) is 8.06. The fourth-order valence-electron chi connectivity index (χ4n) is 3.67. The quantitative estimate of drug-likeness (QED) is 0.200. The third kappa shape index (κ3) is 6.65. The molecular weight excluding hydrogens is 488 g/mol. The number of benzene rings is 3. The molecule has 1 heterocycles. The minimum Gasteiger partial charge on any atom is -0.481 e. The van der Waals surface area contributed by atoms with E-state index < -0.39 is 12.2 Å². The molecule has 37 heavy (non-hydrogen) atoms. The standard InChI is InChI=1S/C28H28N4O4S/c1-18(33)32(2)16-19-11-13-21(14-12-19)31-28(34)35-17-24(20-7-4-3-5-8-20)36-23-9-6-10-25-22(23)15-26(37-25)27(29)30/h3-15,24H,16-17H2,1-2H3,(H3,29,30)(H,31,34). The molecule has 4 aromatic rings. The first-order chi connectivity index (χ1) is 17.8. The Labute approximate surface area is 219 Å². The van der Waals surface area contributed by atoms with Crippen LogP contribution in [0.25, 0.3) is 10.1 Å². The third-order valence-electron chi connectivity index (χ3n) is 5.75. The predicted octanol–water partition coefficient (Wildman–Crippen LogP) is 5.53. The van der Waals surface area contributed by atoms with Gasteiger partial charge < -0.3 is 20.1 Å². The van der Waals surface area contributed by atoms with Crippen molar-refractivity contribution in [3.05, 3.63) is 94.9 Å². The number of carbonyl (C=O) groups excluding carboxylic acids is 2. The highest BCUT2D eigenvalue weighted by Crippen LogP contribution is 2.35. The Kier molecular flexibility index (Phi) is 8.05. The molecule has 1 atom stereocenters. The summed E-state index contributed by atoms with van der Waals surface area (Å²) in [5.74, 6) is 0.603. The van der Waals surface area contributed by atoms with E-state index in [1.54, 1.807) is 24.1 Å². The van der Waals surface area contributed by atoms with Crippen molar-refractivity contribution in [2.24, 2.45) is 5.73 Å². The van der Waals surface area contributed by atoms with Gasteiger partial charge in [-0.15, -0.1) is 11.3 Å². The number of rotatable bonds is 9. The van der Waals surface area contributed by atoms with Gasteiger partial charge in [0.15, 0.2) is 6.10 Å². The van der Waals surface area contributed by atoms with Crippen LogP contribution in [0.1, 0.15) is 29.0 Å². The second-order valence-electron chi connectivity index (χ2n) is 8.50. The van der Waals surface area contributed by atoms with Gasteiger partial charge in [0.1, 0.15) is 18.2 Å². The molecule has 1 aromatic heterocycles. The van der Waals surface area contributed by atoms with Crippen LogP contribution in [-0.4, -0.2) is 36.4 Å². The van der Waals surface area contributed by atoms with E-state index in [1.165, 1.54) is 18.3 Å². The Balaban J connectivity index is 1.44. The minimum absolute atomic E-state index is 0.00525. The third-order valence-corrected chi connectivity index (χ3v) is 6.88. The molecule has 8 nitrogen and oxygen atoms in total. The Bertz CT molecular complexity index is 1400. The molecule has 190 valence electrons. The summed E-state index contributed by atoms with van der Waals surface area (Å²) >= 11 is 1.42. The second kappa shape index (κ2) is 11.6. The van der Waals surface area contributed by atoms with E-state index in [1.807, 2.05) is 66.7 Å². The SMILES string of the molecule is CC(=O)N(C)Cc1ccc(NC(=O)OCC(Oc2cccc3sc(C(=N)N)cc23)c2ccccc2)cc1. The van der Waals surface area contributed by atoms with E-state index in [9.17, 15) is 9.59 Å². The van der Waals surface area contributed by atoms with Gasteiger partial charge in [0, 0.05) is 36.3 Å². The summed E-state index contributed by atoms with van der Waals surface area (Å²) in [6.45, 7) is 1.99. The van der Waals surface area contributed by atoms with Crippen molar-refractivity contribution in [1.29, 1.82) is 5.41 Å². The number of amidine groups is 1. The molecule has 0 bridgehead atoms. The Hall–Kier alpha value is -4.37. The number of amides is 2. The maximum Gasteiger partial charge on any atom is 0.411 e. The lowest BCUT2D eigenvalue weighted by Gasteiger charge is -2.20. The van der Waals surface area contributed by atoms with Crippen LogP contribution in [0.4, 0.5) is 10.5 Å². The summed E-state index contributed by atoms with van der Waals surface area (Å²) in [4.78, 5) is 26.3. The van der Waals surface area contributed by atoms with Gasteiger partial charge in [-0.25, -0.2) is 4.79 Å². The van der Waals surface area contributed by atoms with Crippen molar-refractivity contribution in [2.45, 2.75) is 19.6 Å². The molecule has 3 aromatic carbocycles. The van der Waals surface area contributed by atoms with Crippen LogP contribution in [-0.2, 0) is 16.1 Å². The maximum absolute atomic E-state index is 12.6. The van der Waals surface area contributed by atoms with Crippen LogP contribution >= 0.6 is 11.3 Å². The summed E-state index contributed by atoms with van der Waals surface area (Å²) in [6, 6.07) is 24.3. The van der Waals surface area contributed by atoms with E-state index in [2.05, 4.69) is 5.32 Å². The topological polar surface area (TPSA) is 118 Å². The molecule has 0 fully saturated rings. The highest BCUT2D eigenvalue weighted by molar-refractivity contribution is 7.20. The van der Waals surface area contributed by atoms with Crippen molar-refractivity contribution in [3.8, 4) is 5.75 Å². The number of carbonyl (C=O) groups is 2. The summed E-state index contributed by atoms with van der Waals surface area (Å²) in [6.07, 6.45) is -1.16. The number of fused-ring (bicyclic) bond motifs is 1. The first-order valence-corrected chi connectivity index (χ1v) is 12.4. The molecule has 0 aliphatic heterocycles. The number of thiophene rings is 1. The minimum atomic E-state index is -0.606. The van der Waals surface area contributed by atoms with Crippen LogP contribution in [0.3, 0.4) is 0 Å². The van der Waals surface area contributed by atoms with Gasteiger partial charge in [0.2, 0.25) is 5.91 Å². The molecular formula is C28H28N4O4S. The average Bonchev–Trinajstić information content (AvgIpc) is 3.34. The van der Waals surface area contributed by atoms with Crippen LogP contribution in [0, 0.1) is 5.41 Å². The molecule has 9 heteroatoms. The van der Waals surface area contributed by atoms with Crippen LogP contribution in [0.2, 0.25) is 0 Å². The van der Waals surface area contributed by atoms with Gasteiger partial charge in [0.25, 0.3) is 0 Å². The van der Waals surface area contributed by atoms with Crippen molar-refractivity contribution < 1.29 is 19.1 Å². The van der Waals surface area contributed by atoms with E-state index in [-0.39, 0.29) is 18.3 Å². The lowest BCUT2D eigenvalue weighted by Crippen LogP contribution is -2.23. The van der Waals surface area contributed by atoms with Gasteiger partial charge in [-0.3, -0.25) is 15.5 Å². The number of ether oxygens (including phenoxy) is 2. The molecule has 0 spiro atoms. The summed E-state index contributed by atoms with van der Waals surface area (Å²) < 4.78 is 12.8. The Morgan fingerprint density at radius 3 is 2.46 bits per heavy atom. The fourth-order valence-corrected chi connectivity index (χ4v) is 4.61. The highest BCUT2D eigenvalue weighted by Gasteiger charge is 2.19. The summed E-state index contributed by atoms with van der Waals surface area (Å²) in [7, 11) is 1.73. The number of anilines is 1. The number of hydrogen-bond donors (Lipinski definition) is 3. The molecule has 2 amide bonds. The van der Waals surface area contributed by atoms with Crippen LogP contribution in [0.5, 0.6) is 5.75 Å². The molecule has 0 aliphatic rings. The zero-order valence-corrected chi connectivity index (χ0v) is 21.4. The van der Waals surface area contributed by atoms with Crippen molar-refractivity contribution in [1.82, 2.24) is 4.90 Å².